The molecule has 2 aromatic carbocycles. The predicted molar refractivity (Wildman–Crippen MR) is 76.7 cm³/mol. The van der Waals surface area contributed by atoms with E-state index in [-0.39, 0.29) is 11.9 Å². The molecule has 98 valence electrons. The van der Waals surface area contributed by atoms with Gasteiger partial charge in [0, 0.05) is 18.2 Å². The summed E-state index contributed by atoms with van der Waals surface area (Å²) >= 11 is 0. The number of rotatable bonds is 5. The van der Waals surface area contributed by atoms with Crippen molar-refractivity contribution in [1.82, 2.24) is 5.32 Å². The summed E-state index contributed by atoms with van der Waals surface area (Å²) in [6, 6.07) is 17.8. The number of primary amides is 1. The summed E-state index contributed by atoms with van der Waals surface area (Å²) in [7, 11) is 0. The van der Waals surface area contributed by atoms with Crippen molar-refractivity contribution in [3.05, 3.63) is 71.3 Å². The van der Waals surface area contributed by atoms with E-state index in [0.717, 1.165) is 5.56 Å². The molecule has 0 fully saturated rings. The molecule has 0 aliphatic carbocycles. The van der Waals surface area contributed by atoms with Gasteiger partial charge < -0.3 is 11.1 Å². The van der Waals surface area contributed by atoms with Crippen LogP contribution in [0.2, 0.25) is 0 Å². The van der Waals surface area contributed by atoms with Gasteiger partial charge in [-0.2, -0.15) is 0 Å². The van der Waals surface area contributed by atoms with Gasteiger partial charge in [-0.15, -0.1) is 0 Å². The zero-order valence-corrected chi connectivity index (χ0v) is 11.0. The average molecular weight is 254 g/mol. The number of carbonyl (C=O) groups excluding carboxylic acids is 1. The van der Waals surface area contributed by atoms with Crippen LogP contribution in [0.4, 0.5) is 0 Å². The number of hydrogen-bond donors (Lipinski definition) is 2. The van der Waals surface area contributed by atoms with Crippen molar-refractivity contribution in [2.24, 2.45) is 5.73 Å². The van der Waals surface area contributed by atoms with Crippen molar-refractivity contribution >= 4 is 5.91 Å². The van der Waals surface area contributed by atoms with Crippen molar-refractivity contribution < 1.29 is 4.79 Å². The van der Waals surface area contributed by atoms with E-state index in [1.807, 2.05) is 36.4 Å². The molecule has 1 atom stereocenters. The Labute approximate surface area is 113 Å². The van der Waals surface area contributed by atoms with E-state index in [1.165, 1.54) is 5.56 Å². The van der Waals surface area contributed by atoms with Crippen molar-refractivity contribution in [3.8, 4) is 0 Å². The van der Waals surface area contributed by atoms with Gasteiger partial charge in [-0.25, -0.2) is 0 Å². The summed E-state index contributed by atoms with van der Waals surface area (Å²) in [4.78, 5) is 11.3. The zero-order chi connectivity index (χ0) is 13.7. The van der Waals surface area contributed by atoms with E-state index >= 15 is 0 Å². The fourth-order valence-corrected chi connectivity index (χ4v) is 2.04. The molecule has 19 heavy (non-hydrogen) atoms. The van der Waals surface area contributed by atoms with Crippen LogP contribution in [0.3, 0.4) is 0 Å². The van der Waals surface area contributed by atoms with Crippen LogP contribution in [0.25, 0.3) is 0 Å². The summed E-state index contributed by atoms with van der Waals surface area (Å²) in [5.74, 6) is -0.384. The lowest BCUT2D eigenvalue weighted by molar-refractivity contribution is 0.0999. The molecule has 3 nitrogen and oxygen atoms in total. The van der Waals surface area contributed by atoms with Crippen LogP contribution in [0.5, 0.6) is 0 Å². The maximum absolute atomic E-state index is 11.3. The van der Waals surface area contributed by atoms with Gasteiger partial charge in [0.05, 0.1) is 0 Å². The van der Waals surface area contributed by atoms with Crippen molar-refractivity contribution in [2.45, 2.75) is 19.5 Å². The minimum atomic E-state index is -0.384. The summed E-state index contributed by atoms with van der Waals surface area (Å²) in [6.45, 7) is 2.72. The van der Waals surface area contributed by atoms with Gasteiger partial charge in [-0.3, -0.25) is 4.79 Å². The minimum absolute atomic E-state index is 0.224. The molecule has 2 aromatic rings. The van der Waals surface area contributed by atoms with Gasteiger partial charge >= 0.3 is 0 Å². The number of benzene rings is 2. The highest BCUT2D eigenvalue weighted by Crippen LogP contribution is 2.14. The highest BCUT2D eigenvalue weighted by Gasteiger charge is 2.09. The summed E-state index contributed by atoms with van der Waals surface area (Å²) in [5.41, 5.74) is 8.09. The Morgan fingerprint density at radius 1 is 1.11 bits per heavy atom. The van der Waals surface area contributed by atoms with Crippen molar-refractivity contribution in [2.75, 3.05) is 0 Å². The third kappa shape index (κ3) is 3.42. The molecule has 0 aliphatic heterocycles. The third-order valence-electron chi connectivity index (χ3n) is 3.18. The third-order valence-corrected chi connectivity index (χ3v) is 3.18. The summed E-state index contributed by atoms with van der Waals surface area (Å²) < 4.78 is 0. The Morgan fingerprint density at radius 2 is 1.74 bits per heavy atom. The van der Waals surface area contributed by atoms with E-state index in [4.69, 9.17) is 5.73 Å². The Balaban J connectivity index is 2.05. The second-order valence-corrected chi connectivity index (χ2v) is 4.53. The monoisotopic (exact) mass is 254 g/mol. The number of amides is 1. The zero-order valence-electron chi connectivity index (χ0n) is 11.0. The molecule has 1 amide bonds. The predicted octanol–water partition coefficient (Wildman–Crippen LogP) is 2.64. The van der Waals surface area contributed by atoms with Gasteiger partial charge in [0.1, 0.15) is 0 Å². The van der Waals surface area contributed by atoms with Gasteiger partial charge in [-0.1, -0.05) is 48.5 Å². The standard InChI is InChI=1S/C16H18N2O/c1-12(13-7-3-2-4-8-13)18-11-14-9-5-6-10-15(14)16(17)19/h2-10,12,18H,11H2,1H3,(H2,17,19)/t12-/m1/s1. The maximum atomic E-state index is 11.3. The maximum Gasteiger partial charge on any atom is 0.249 e. The molecule has 0 aromatic heterocycles. The second-order valence-electron chi connectivity index (χ2n) is 4.53. The first-order chi connectivity index (χ1) is 9.18. The summed E-state index contributed by atoms with van der Waals surface area (Å²) in [5, 5.41) is 3.40. The molecule has 0 aliphatic rings. The quantitative estimate of drug-likeness (QED) is 0.861. The molecule has 0 unspecified atom stereocenters. The number of hydrogen-bond acceptors (Lipinski definition) is 2. The van der Waals surface area contributed by atoms with E-state index in [1.54, 1.807) is 6.07 Å². The van der Waals surface area contributed by atoms with Crippen LogP contribution in [0, 0.1) is 0 Å². The SMILES string of the molecule is C[C@@H](NCc1ccccc1C(N)=O)c1ccccc1. The van der Waals surface area contributed by atoms with Crippen molar-refractivity contribution in [3.63, 3.8) is 0 Å². The molecule has 0 saturated carbocycles. The van der Waals surface area contributed by atoms with E-state index in [2.05, 4.69) is 24.4 Å². The van der Waals surface area contributed by atoms with Gasteiger partial charge in [0.15, 0.2) is 0 Å². The Morgan fingerprint density at radius 3 is 2.42 bits per heavy atom. The lowest BCUT2D eigenvalue weighted by Crippen LogP contribution is -2.21. The molecular weight excluding hydrogens is 236 g/mol. The number of nitrogens with two attached hydrogens (primary N) is 1. The number of nitrogens with one attached hydrogen (secondary N) is 1. The first-order valence-electron chi connectivity index (χ1n) is 6.34. The van der Waals surface area contributed by atoms with Gasteiger partial charge in [0.2, 0.25) is 5.91 Å². The smallest absolute Gasteiger partial charge is 0.249 e. The molecule has 3 N–H and O–H groups in total. The number of carbonyl (C=O) groups is 1. The van der Waals surface area contributed by atoms with Gasteiger partial charge in [-0.05, 0) is 24.1 Å². The van der Waals surface area contributed by atoms with E-state index in [9.17, 15) is 4.79 Å². The summed E-state index contributed by atoms with van der Waals surface area (Å²) in [6.07, 6.45) is 0. The largest absolute Gasteiger partial charge is 0.366 e. The Kier molecular flexibility index (Phi) is 4.31. The lowest BCUT2D eigenvalue weighted by Gasteiger charge is -2.15. The van der Waals surface area contributed by atoms with Crippen LogP contribution < -0.4 is 11.1 Å². The normalized spacial score (nSPS) is 12.1. The topological polar surface area (TPSA) is 55.1 Å². The first kappa shape index (κ1) is 13.3. The van der Waals surface area contributed by atoms with Crippen LogP contribution in [-0.2, 0) is 6.54 Å². The van der Waals surface area contributed by atoms with Gasteiger partial charge in [0.25, 0.3) is 0 Å². The average Bonchev–Trinajstić information content (AvgIpc) is 2.46. The molecule has 2 rings (SSSR count). The Bertz CT molecular complexity index is 552. The highest BCUT2D eigenvalue weighted by atomic mass is 16.1. The molecule has 0 bridgehead atoms. The fourth-order valence-electron chi connectivity index (χ4n) is 2.04. The fraction of sp³-hybridized carbons (Fsp3) is 0.188. The minimum Gasteiger partial charge on any atom is -0.366 e. The van der Waals surface area contributed by atoms with Crippen LogP contribution in [0.15, 0.2) is 54.6 Å². The second kappa shape index (κ2) is 6.16. The van der Waals surface area contributed by atoms with Crippen LogP contribution in [-0.4, -0.2) is 5.91 Å². The van der Waals surface area contributed by atoms with Crippen LogP contribution >= 0.6 is 0 Å². The molecule has 3 heteroatoms. The molecule has 0 heterocycles. The molecule has 0 radical (unpaired) electrons. The first-order valence-corrected chi connectivity index (χ1v) is 6.34. The Hall–Kier alpha value is -2.13. The van der Waals surface area contributed by atoms with E-state index < -0.39 is 0 Å². The highest BCUT2D eigenvalue weighted by molar-refractivity contribution is 5.94. The lowest BCUT2D eigenvalue weighted by atomic mass is 10.1. The molecule has 0 spiro atoms. The molecular formula is C16H18N2O. The van der Waals surface area contributed by atoms with E-state index in [0.29, 0.717) is 12.1 Å². The van der Waals surface area contributed by atoms with Crippen LogP contribution in [0.1, 0.15) is 34.5 Å². The molecule has 0 saturated heterocycles. The van der Waals surface area contributed by atoms with Crippen molar-refractivity contribution in [1.29, 1.82) is 0 Å².